The Morgan fingerprint density at radius 3 is 2.88 bits per heavy atom. The third kappa shape index (κ3) is 3.50. The standard InChI is InChI=1S/C11H15FN2OS/c1-7(5-15)16-6-8-2-3-9(12)4-10(8)11(13)14/h2-4,7,15H,5-6H2,1H3,(H3,13,14). The molecule has 0 aliphatic rings. The number of aliphatic hydroxyl groups is 1. The zero-order valence-corrected chi connectivity index (χ0v) is 9.85. The van der Waals surface area contributed by atoms with E-state index in [1.165, 1.54) is 12.1 Å². The molecule has 0 amide bonds. The second-order valence-corrected chi connectivity index (χ2v) is 4.95. The van der Waals surface area contributed by atoms with Crippen LogP contribution < -0.4 is 5.73 Å². The Balaban J connectivity index is 2.82. The lowest BCUT2D eigenvalue weighted by molar-refractivity contribution is 0.300. The van der Waals surface area contributed by atoms with Gasteiger partial charge in [0, 0.05) is 16.6 Å². The van der Waals surface area contributed by atoms with Crippen molar-refractivity contribution in [3.05, 3.63) is 35.1 Å². The summed E-state index contributed by atoms with van der Waals surface area (Å²) in [6, 6.07) is 4.25. The predicted octanol–water partition coefficient (Wildman–Crippen LogP) is 1.72. The summed E-state index contributed by atoms with van der Waals surface area (Å²) in [6.07, 6.45) is 0. The van der Waals surface area contributed by atoms with E-state index in [0.717, 1.165) is 5.56 Å². The van der Waals surface area contributed by atoms with E-state index in [4.69, 9.17) is 16.2 Å². The normalized spacial score (nSPS) is 12.4. The molecule has 0 aliphatic carbocycles. The van der Waals surface area contributed by atoms with E-state index in [9.17, 15) is 4.39 Å². The topological polar surface area (TPSA) is 70.1 Å². The second kappa shape index (κ2) is 5.86. The van der Waals surface area contributed by atoms with Gasteiger partial charge < -0.3 is 10.8 Å². The van der Waals surface area contributed by atoms with Crippen LogP contribution in [0.3, 0.4) is 0 Å². The molecule has 0 aromatic heterocycles. The molecule has 88 valence electrons. The minimum absolute atomic E-state index is 0.0985. The van der Waals surface area contributed by atoms with Crippen molar-refractivity contribution in [1.82, 2.24) is 0 Å². The molecular formula is C11H15FN2OS. The molecule has 0 saturated carbocycles. The SMILES string of the molecule is CC(CO)SCc1ccc(F)cc1C(=N)N. The van der Waals surface area contributed by atoms with E-state index in [0.29, 0.717) is 11.3 Å². The van der Waals surface area contributed by atoms with Crippen LogP contribution in [0.15, 0.2) is 18.2 Å². The van der Waals surface area contributed by atoms with Crippen LogP contribution in [0.4, 0.5) is 4.39 Å². The molecule has 1 unspecified atom stereocenters. The zero-order valence-electron chi connectivity index (χ0n) is 9.03. The van der Waals surface area contributed by atoms with E-state index in [2.05, 4.69) is 0 Å². The van der Waals surface area contributed by atoms with Gasteiger partial charge in [0.25, 0.3) is 0 Å². The minimum atomic E-state index is -0.394. The van der Waals surface area contributed by atoms with Gasteiger partial charge in [-0.1, -0.05) is 13.0 Å². The molecule has 0 saturated heterocycles. The molecule has 4 N–H and O–H groups in total. The van der Waals surface area contributed by atoms with Crippen molar-refractivity contribution in [2.75, 3.05) is 6.61 Å². The number of nitrogens with two attached hydrogens (primary N) is 1. The third-order valence-corrected chi connectivity index (χ3v) is 3.34. The molecule has 0 heterocycles. The minimum Gasteiger partial charge on any atom is -0.395 e. The number of hydrogen-bond donors (Lipinski definition) is 3. The number of rotatable bonds is 5. The first-order valence-corrected chi connectivity index (χ1v) is 5.94. The maximum absolute atomic E-state index is 13.0. The number of aliphatic hydroxyl groups excluding tert-OH is 1. The molecule has 0 fully saturated rings. The summed E-state index contributed by atoms with van der Waals surface area (Å²) in [5.74, 6) is 0.0811. The van der Waals surface area contributed by atoms with E-state index in [1.54, 1.807) is 17.8 Å². The van der Waals surface area contributed by atoms with E-state index >= 15 is 0 Å². The average molecular weight is 242 g/mol. The maximum Gasteiger partial charge on any atom is 0.123 e. The largest absolute Gasteiger partial charge is 0.395 e. The molecule has 16 heavy (non-hydrogen) atoms. The molecule has 1 rings (SSSR count). The fraction of sp³-hybridized carbons (Fsp3) is 0.364. The van der Waals surface area contributed by atoms with Crippen molar-refractivity contribution in [3.63, 3.8) is 0 Å². The maximum atomic E-state index is 13.0. The molecule has 3 nitrogen and oxygen atoms in total. The van der Waals surface area contributed by atoms with Gasteiger partial charge in [0.2, 0.25) is 0 Å². The number of halogens is 1. The summed E-state index contributed by atoms with van der Waals surface area (Å²) in [5, 5.41) is 16.4. The molecule has 0 bridgehead atoms. The summed E-state index contributed by atoms with van der Waals surface area (Å²) in [6.45, 7) is 2.00. The monoisotopic (exact) mass is 242 g/mol. The lowest BCUT2D eigenvalue weighted by Gasteiger charge is -2.11. The van der Waals surface area contributed by atoms with E-state index in [-0.39, 0.29) is 17.7 Å². The third-order valence-electron chi connectivity index (χ3n) is 2.14. The number of nitrogens with one attached hydrogen (secondary N) is 1. The van der Waals surface area contributed by atoms with Gasteiger partial charge in [-0.05, 0) is 17.7 Å². The molecule has 0 spiro atoms. The van der Waals surface area contributed by atoms with Crippen molar-refractivity contribution in [1.29, 1.82) is 5.41 Å². The first-order valence-electron chi connectivity index (χ1n) is 4.90. The Hall–Kier alpha value is -1.07. The highest BCUT2D eigenvalue weighted by atomic mass is 32.2. The molecule has 0 aliphatic heterocycles. The highest BCUT2D eigenvalue weighted by molar-refractivity contribution is 7.99. The molecule has 1 atom stereocenters. The van der Waals surface area contributed by atoms with Gasteiger partial charge in [0.05, 0.1) is 6.61 Å². The van der Waals surface area contributed by atoms with Crippen LogP contribution in [0.2, 0.25) is 0 Å². The van der Waals surface area contributed by atoms with Crippen LogP contribution in [-0.2, 0) is 5.75 Å². The van der Waals surface area contributed by atoms with Crippen molar-refractivity contribution in [3.8, 4) is 0 Å². The van der Waals surface area contributed by atoms with Crippen LogP contribution in [0.1, 0.15) is 18.1 Å². The zero-order chi connectivity index (χ0) is 12.1. The van der Waals surface area contributed by atoms with Crippen molar-refractivity contribution in [2.45, 2.75) is 17.9 Å². The Bertz CT molecular complexity index is 384. The molecule has 1 aromatic carbocycles. The number of thioether (sulfide) groups is 1. The Morgan fingerprint density at radius 2 is 2.31 bits per heavy atom. The van der Waals surface area contributed by atoms with Crippen LogP contribution in [-0.4, -0.2) is 22.8 Å². The second-order valence-electron chi connectivity index (χ2n) is 3.52. The lowest BCUT2D eigenvalue weighted by Crippen LogP contribution is -2.14. The van der Waals surface area contributed by atoms with Gasteiger partial charge in [-0.15, -0.1) is 0 Å². The highest BCUT2D eigenvalue weighted by Gasteiger charge is 2.09. The first kappa shape index (κ1) is 13.0. The number of hydrogen-bond acceptors (Lipinski definition) is 3. The van der Waals surface area contributed by atoms with E-state index < -0.39 is 5.82 Å². The van der Waals surface area contributed by atoms with Gasteiger partial charge in [0.15, 0.2) is 0 Å². The van der Waals surface area contributed by atoms with Gasteiger partial charge in [-0.3, -0.25) is 5.41 Å². The Morgan fingerprint density at radius 1 is 1.62 bits per heavy atom. The average Bonchev–Trinajstić information content (AvgIpc) is 2.26. The first-order chi connectivity index (χ1) is 7.54. The van der Waals surface area contributed by atoms with Crippen LogP contribution >= 0.6 is 11.8 Å². The Kier molecular flexibility index (Phi) is 4.76. The summed E-state index contributed by atoms with van der Waals surface area (Å²) in [4.78, 5) is 0. The summed E-state index contributed by atoms with van der Waals surface area (Å²) in [5.41, 5.74) is 6.63. The fourth-order valence-electron chi connectivity index (χ4n) is 1.21. The molecule has 0 radical (unpaired) electrons. The van der Waals surface area contributed by atoms with E-state index in [1.807, 2.05) is 6.92 Å². The summed E-state index contributed by atoms with van der Waals surface area (Å²) >= 11 is 1.54. The quantitative estimate of drug-likeness (QED) is 0.544. The fourth-order valence-corrected chi connectivity index (χ4v) is 2.03. The summed E-state index contributed by atoms with van der Waals surface area (Å²) in [7, 11) is 0. The van der Waals surface area contributed by atoms with Gasteiger partial charge >= 0.3 is 0 Å². The number of amidine groups is 1. The van der Waals surface area contributed by atoms with Crippen LogP contribution in [0, 0.1) is 11.2 Å². The highest BCUT2D eigenvalue weighted by Crippen LogP contribution is 2.20. The summed E-state index contributed by atoms with van der Waals surface area (Å²) < 4.78 is 13.0. The van der Waals surface area contributed by atoms with Gasteiger partial charge in [0.1, 0.15) is 11.7 Å². The van der Waals surface area contributed by atoms with Gasteiger partial charge in [-0.2, -0.15) is 11.8 Å². The molecular weight excluding hydrogens is 227 g/mol. The van der Waals surface area contributed by atoms with Crippen molar-refractivity contribution in [2.24, 2.45) is 5.73 Å². The lowest BCUT2D eigenvalue weighted by atomic mass is 10.1. The number of nitrogen functional groups attached to an aromatic ring is 1. The molecule has 5 heteroatoms. The van der Waals surface area contributed by atoms with Crippen molar-refractivity contribution >= 4 is 17.6 Å². The smallest absolute Gasteiger partial charge is 0.123 e. The van der Waals surface area contributed by atoms with Crippen molar-refractivity contribution < 1.29 is 9.50 Å². The van der Waals surface area contributed by atoms with Crippen LogP contribution in [0.25, 0.3) is 0 Å². The Labute approximate surface area is 98.4 Å². The predicted molar refractivity (Wildman–Crippen MR) is 65.3 cm³/mol. The van der Waals surface area contributed by atoms with Gasteiger partial charge in [-0.25, -0.2) is 4.39 Å². The molecule has 1 aromatic rings. The van der Waals surface area contributed by atoms with Crippen LogP contribution in [0.5, 0.6) is 0 Å². The number of benzene rings is 1.